The Labute approximate surface area is 145 Å². The number of hydrogen-bond acceptors (Lipinski definition) is 4. The van der Waals surface area contributed by atoms with E-state index in [1.165, 1.54) is 10.6 Å². The van der Waals surface area contributed by atoms with Gasteiger partial charge in [0.25, 0.3) is 11.3 Å². The molecular weight excluding hydrogens is 318 g/mol. The van der Waals surface area contributed by atoms with Gasteiger partial charge in [0.1, 0.15) is 5.82 Å². The van der Waals surface area contributed by atoms with Crippen LogP contribution in [0.25, 0.3) is 5.78 Å². The Balaban J connectivity index is 1.99. The van der Waals surface area contributed by atoms with Gasteiger partial charge in [-0.15, -0.1) is 0 Å². The molecule has 0 atom stereocenters. The smallest absolute Gasteiger partial charge is 0.274 e. The van der Waals surface area contributed by atoms with Gasteiger partial charge in [-0.05, 0) is 38.0 Å². The molecule has 0 bridgehead atoms. The number of aromatic nitrogens is 4. The second kappa shape index (κ2) is 6.88. The Bertz CT molecular complexity index is 973. The number of aryl methyl sites for hydroxylation is 2. The zero-order chi connectivity index (χ0) is 18.0. The quantitative estimate of drug-likeness (QED) is 0.773. The molecule has 7 nitrogen and oxygen atoms in total. The van der Waals surface area contributed by atoms with E-state index < -0.39 is 0 Å². The second-order valence-corrected chi connectivity index (χ2v) is 6.11. The van der Waals surface area contributed by atoms with Crippen LogP contribution in [0.4, 0.5) is 5.69 Å². The summed E-state index contributed by atoms with van der Waals surface area (Å²) in [6.45, 7) is 5.96. The first-order chi connectivity index (χ1) is 12.0. The molecule has 0 unspecified atom stereocenters. The van der Waals surface area contributed by atoms with Gasteiger partial charge < -0.3 is 4.90 Å². The number of aromatic amines is 1. The van der Waals surface area contributed by atoms with E-state index in [1.54, 1.807) is 11.8 Å². The lowest BCUT2D eigenvalue weighted by molar-refractivity contribution is -0.118. The molecule has 0 aliphatic heterocycles. The largest absolute Gasteiger partial charge is 0.305 e. The van der Waals surface area contributed by atoms with Gasteiger partial charge in [-0.25, -0.2) is 4.98 Å². The van der Waals surface area contributed by atoms with Crippen LogP contribution < -0.4 is 10.5 Å². The molecule has 0 radical (unpaired) electrons. The first-order valence-electron chi connectivity index (χ1n) is 8.30. The fourth-order valence-corrected chi connectivity index (χ4v) is 2.73. The van der Waals surface area contributed by atoms with Gasteiger partial charge in [0.15, 0.2) is 0 Å². The predicted molar refractivity (Wildman–Crippen MR) is 95.6 cm³/mol. The highest BCUT2D eigenvalue weighted by Crippen LogP contribution is 2.19. The third kappa shape index (κ3) is 3.60. The molecule has 0 aliphatic rings. The number of H-pyrrole nitrogens is 1. The van der Waals surface area contributed by atoms with E-state index in [-0.39, 0.29) is 18.0 Å². The molecule has 7 heteroatoms. The van der Waals surface area contributed by atoms with Crippen LogP contribution in [0.2, 0.25) is 0 Å². The molecule has 1 N–H and O–H groups in total. The van der Waals surface area contributed by atoms with Crippen LogP contribution in [-0.2, 0) is 11.3 Å². The lowest BCUT2D eigenvalue weighted by Gasteiger charge is -2.22. The lowest BCUT2D eigenvalue weighted by Crippen LogP contribution is -2.30. The van der Waals surface area contributed by atoms with Gasteiger partial charge in [-0.2, -0.15) is 9.50 Å². The van der Waals surface area contributed by atoms with Crippen LogP contribution in [0.5, 0.6) is 0 Å². The first kappa shape index (κ1) is 16.9. The molecule has 0 saturated carbocycles. The number of anilines is 1. The molecule has 2 heterocycles. The molecule has 1 amide bonds. The number of carbonyl (C=O) groups is 1. The fraction of sp³-hybridized carbons (Fsp3) is 0.333. The Morgan fingerprint density at radius 3 is 2.76 bits per heavy atom. The molecule has 25 heavy (non-hydrogen) atoms. The maximum atomic E-state index is 12.6. The highest BCUT2D eigenvalue weighted by atomic mass is 16.2. The fourth-order valence-electron chi connectivity index (χ4n) is 2.73. The van der Waals surface area contributed by atoms with Crippen molar-refractivity contribution in [2.24, 2.45) is 0 Å². The SMILES string of the molecule is CCCC(=O)N(Cc1nc2nc(C)cc(=O)n2[nH]1)c1cccc(C)c1. The Morgan fingerprint density at radius 1 is 1.24 bits per heavy atom. The number of fused-ring (bicyclic) bond motifs is 1. The topological polar surface area (TPSA) is 83.4 Å². The van der Waals surface area contributed by atoms with E-state index in [1.807, 2.05) is 38.1 Å². The van der Waals surface area contributed by atoms with Crippen LogP contribution in [0.15, 0.2) is 35.1 Å². The summed E-state index contributed by atoms with van der Waals surface area (Å²) >= 11 is 0. The van der Waals surface area contributed by atoms with Crippen molar-refractivity contribution in [1.82, 2.24) is 19.6 Å². The summed E-state index contributed by atoms with van der Waals surface area (Å²) < 4.78 is 1.29. The summed E-state index contributed by atoms with van der Waals surface area (Å²) in [5, 5.41) is 2.94. The van der Waals surface area contributed by atoms with Gasteiger partial charge >= 0.3 is 0 Å². The van der Waals surface area contributed by atoms with E-state index in [0.717, 1.165) is 17.7 Å². The number of carbonyl (C=O) groups excluding carboxylic acids is 1. The maximum Gasteiger partial charge on any atom is 0.274 e. The molecule has 0 saturated heterocycles. The van der Waals surface area contributed by atoms with Gasteiger partial charge in [-0.3, -0.25) is 14.7 Å². The molecule has 0 fully saturated rings. The van der Waals surface area contributed by atoms with Crippen molar-refractivity contribution in [3.8, 4) is 0 Å². The van der Waals surface area contributed by atoms with E-state index in [9.17, 15) is 9.59 Å². The van der Waals surface area contributed by atoms with Crippen molar-refractivity contribution in [3.05, 3.63) is 57.8 Å². The summed E-state index contributed by atoms with van der Waals surface area (Å²) in [5.74, 6) is 0.846. The summed E-state index contributed by atoms with van der Waals surface area (Å²) in [4.78, 5) is 34.9. The minimum atomic E-state index is -0.219. The average Bonchev–Trinajstić information content (AvgIpc) is 2.95. The standard InChI is InChI=1S/C18H21N5O2/c1-4-6-16(24)22(14-8-5-7-12(2)9-14)11-15-20-18-19-13(3)10-17(25)23(18)21-15/h5,7-10H,4,6,11H2,1-3H3,(H,19,20,21). The Morgan fingerprint density at radius 2 is 2.04 bits per heavy atom. The van der Waals surface area contributed by atoms with Crippen molar-refractivity contribution >= 4 is 17.4 Å². The van der Waals surface area contributed by atoms with Crippen LogP contribution >= 0.6 is 0 Å². The Kier molecular flexibility index (Phi) is 4.65. The van der Waals surface area contributed by atoms with E-state index in [2.05, 4.69) is 15.1 Å². The molecule has 3 rings (SSSR count). The predicted octanol–water partition coefficient (Wildman–Crippen LogP) is 2.37. The minimum Gasteiger partial charge on any atom is -0.305 e. The Hall–Kier alpha value is -2.96. The number of benzene rings is 1. The monoisotopic (exact) mass is 339 g/mol. The van der Waals surface area contributed by atoms with E-state index in [4.69, 9.17) is 0 Å². The number of nitrogens with one attached hydrogen (secondary N) is 1. The number of rotatable bonds is 5. The van der Waals surface area contributed by atoms with Gasteiger partial charge in [0.05, 0.1) is 6.54 Å². The molecule has 130 valence electrons. The lowest BCUT2D eigenvalue weighted by atomic mass is 10.2. The third-order valence-electron chi connectivity index (χ3n) is 3.89. The van der Waals surface area contributed by atoms with Crippen LogP contribution in [0.3, 0.4) is 0 Å². The zero-order valence-electron chi connectivity index (χ0n) is 14.6. The summed E-state index contributed by atoms with van der Waals surface area (Å²) in [6, 6.07) is 9.21. The average molecular weight is 339 g/mol. The highest BCUT2D eigenvalue weighted by molar-refractivity contribution is 5.93. The van der Waals surface area contributed by atoms with Crippen LogP contribution in [0.1, 0.15) is 36.8 Å². The van der Waals surface area contributed by atoms with Crippen LogP contribution in [0, 0.1) is 13.8 Å². The summed E-state index contributed by atoms with van der Waals surface area (Å²) in [5.41, 5.74) is 2.28. The van der Waals surface area contributed by atoms with Gasteiger partial charge in [-0.1, -0.05) is 19.1 Å². The third-order valence-corrected chi connectivity index (χ3v) is 3.89. The van der Waals surface area contributed by atoms with Crippen molar-refractivity contribution in [3.63, 3.8) is 0 Å². The van der Waals surface area contributed by atoms with Gasteiger partial charge in [0.2, 0.25) is 5.91 Å². The van der Waals surface area contributed by atoms with Crippen molar-refractivity contribution in [1.29, 1.82) is 0 Å². The molecule has 3 aromatic rings. The molecule has 0 spiro atoms. The minimum absolute atomic E-state index is 0.0186. The van der Waals surface area contributed by atoms with E-state index >= 15 is 0 Å². The first-order valence-corrected chi connectivity index (χ1v) is 8.30. The second-order valence-electron chi connectivity index (χ2n) is 6.11. The van der Waals surface area contributed by atoms with Gasteiger partial charge in [0, 0.05) is 23.9 Å². The number of hydrogen-bond donors (Lipinski definition) is 1. The highest BCUT2D eigenvalue weighted by Gasteiger charge is 2.18. The zero-order valence-corrected chi connectivity index (χ0v) is 14.6. The van der Waals surface area contributed by atoms with Crippen molar-refractivity contribution in [2.75, 3.05) is 4.90 Å². The molecule has 1 aromatic carbocycles. The van der Waals surface area contributed by atoms with Crippen molar-refractivity contribution in [2.45, 2.75) is 40.2 Å². The molecule has 2 aromatic heterocycles. The maximum absolute atomic E-state index is 12.6. The molecule has 0 aliphatic carbocycles. The van der Waals surface area contributed by atoms with Crippen LogP contribution in [-0.4, -0.2) is 25.5 Å². The molecular formula is C18H21N5O2. The normalized spacial score (nSPS) is 11.0. The summed E-state index contributed by atoms with van der Waals surface area (Å²) in [7, 11) is 0. The number of nitrogens with zero attached hydrogens (tertiary/aromatic N) is 4. The number of amides is 1. The summed E-state index contributed by atoms with van der Waals surface area (Å²) in [6.07, 6.45) is 1.22. The van der Waals surface area contributed by atoms with Crippen molar-refractivity contribution < 1.29 is 4.79 Å². The van der Waals surface area contributed by atoms with E-state index in [0.29, 0.717) is 23.7 Å².